The van der Waals surface area contributed by atoms with Crippen LogP contribution in [-0.2, 0) is 14.6 Å². The van der Waals surface area contributed by atoms with E-state index in [1.54, 1.807) is 19.1 Å². The van der Waals surface area contributed by atoms with Gasteiger partial charge in [-0.15, -0.1) is 0 Å². The van der Waals surface area contributed by atoms with Gasteiger partial charge in [0, 0.05) is 11.8 Å². The first-order valence-corrected chi connectivity index (χ1v) is 9.98. The van der Waals surface area contributed by atoms with E-state index in [0.29, 0.717) is 11.1 Å². The summed E-state index contributed by atoms with van der Waals surface area (Å²) in [5.41, 5.74) is 4.13. The number of benzene rings is 2. The number of esters is 1. The fraction of sp³-hybridized carbons (Fsp3) is 0.300. The summed E-state index contributed by atoms with van der Waals surface area (Å²) in [4.78, 5) is 24.8. The molecule has 0 aliphatic heterocycles. The second-order valence-corrected chi connectivity index (χ2v) is 8.52. The SMILES string of the molecule is Cc1cc(C)c(C(=O)COC(=O)c2cc(S(C)(=O)=O)ccc2C)cc1C. The summed E-state index contributed by atoms with van der Waals surface area (Å²) in [7, 11) is -3.44. The van der Waals surface area contributed by atoms with Crippen molar-refractivity contribution in [2.24, 2.45) is 0 Å². The molecule has 138 valence electrons. The first-order valence-electron chi connectivity index (χ1n) is 8.09. The van der Waals surface area contributed by atoms with Crippen LogP contribution in [0.5, 0.6) is 0 Å². The van der Waals surface area contributed by atoms with E-state index < -0.39 is 22.4 Å². The van der Waals surface area contributed by atoms with Crippen molar-refractivity contribution in [2.45, 2.75) is 32.6 Å². The van der Waals surface area contributed by atoms with Crippen LogP contribution in [-0.4, -0.2) is 33.0 Å². The topological polar surface area (TPSA) is 77.5 Å². The second kappa shape index (κ2) is 7.41. The minimum absolute atomic E-state index is 0.0337. The van der Waals surface area contributed by atoms with Gasteiger partial charge in [-0.3, -0.25) is 4.79 Å². The highest BCUT2D eigenvalue weighted by atomic mass is 32.2. The third-order valence-corrected chi connectivity index (χ3v) is 5.44. The third kappa shape index (κ3) is 4.38. The van der Waals surface area contributed by atoms with Gasteiger partial charge in [-0.2, -0.15) is 0 Å². The summed E-state index contributed by atoms with van der Waals surface area (Å²) in [6.45, 7) is 7.00. The zero-order chi connectivity index (χ0) is 19.6. The van der Waals surface area contributed by atoms with Gasteiger partial charge in [0.2, 0.25) is 5.78 Å². The molecule has 0 saturated heterocycles. The zero-order valence-corrected chi connectivity index (χ0v) is 16.4. The van der Waals surface area contributed by atoms with Crippen molar-refractivity contribution in [2.75, 3.05) is 12.9 Å². The van der Waals surface area contributed by atoms with Crippen LogP contribution in [0, 0.1) is 27.7 Å². The fourth-order valence-corrected chi connectivity index (χ4v) is 3.25. The van der Waals surface area contributed by atoms with Gasteiger partial charge in [0.1, 0.15) is 0 Å². The summed E-state index contributed by atoms with van der Waals surface area (Å²) in [5, 5.41) is 0. The van der Waals surface area contributed by atoms with E-state index in [1.807, 2.05) is 26.8 Å². The summed E-state index contributed by atoms with van der Waals surface area (Å²) in [6, 6.07) is 7.96. The van der Waals surface area contributed by atoms with E-state index >= 15 is 0 Å². The maximum absolute atomic E-state index is 12.4. The van der Waals surface area contributed by atoms with Gasteiger partial charge in [0.05, 0.1) is 10.5 Å². The number of ether oxygens (including phenoxy) is 1. The van der Waals surface area contributed by atoms with E-state index in [9.17, 15) is 18.0 Å². The maximum atomic E-state index is 12.4. The van der Waals surface area contributed by atoms with Crippen LogP contribution >= 0.6 is 0 Å². The molecule has 0 amide bonds. The molecular formula is C20H22O5S. The molecule has 2 aromatic rings. The lowest BCUT2D eigenvalue weighted by Gasteiger charge is -2.11. The Hall–Kier alpha value is -2.47. The summed E-state index contributed by atoms with van der Waals surface area (Å²) < 4.78 is 28.5. The highest BCUT2D eigenvalue weighted by Gasteiger charge is 2.18. The highest BCUT2D eigenvalue weighted by Crippen LogP contribution is 2.18. The molecule has 0 saturated carbocycles. The third-order valence-electron chi connectivity index (χ3n) is 4.33. The average molecular weight is 374 g/mol. The lowest BCUT2D eigenvalue weighted by atomic mass is 9.98. The standard InChI is InChI=1S/C20H22O5S/c1-12-6-7-16(26(5,23)24)10-18(12)20(22)25-11-19(21)17-9-14(3)13(2)8-15(17)4/h6-10H,11H2,1-5H3. The Kier molecular flexibility index (Phi) is 5.66. The van der Waals surface area contributed by atoms with Crippen LogP contribution in [0.2, 0.25) is 0 Å². The molecule has 0 heterocycles. The Labute approximate surface area is 153 Å². The predicted octanol–water partition coefficient (Wildman–Crippen LogP) is 3.36. The Morgan fingerprint density at radius 3 is 2.08 bits per heavy atom. The molecule has 0 fully saturated rings. The van der Waals surface area contributed by atoms with Crippen LogP contribution in [0.4, 0.5) is 0 Å². The van der Waals surface area contributed by atoms with Gasteiger partial charge in [-0.05, 0) is 68.1 Å². The molecule has 26 heavy (non-hydrogen) atoms. The first kappa shape index (κ1) is 19.8. The molecule has 5 nitrogen and oxygen atoms in total. The Morgan fingerprint density at radius 2 is 1.46 bits per heavy atom. The summed E-state index contributed by atoms with van der Waals surface area (Å²) in [6.07, 6.45) is 1.07. The summed E-state index contributed by atoms with van der Waals surface area (Å²) in [5.74, 6) is -1.02. The van der Waals surface area contributed by atoms with Crippen molar-refractivity contribution < 1.29 is 22.7 Å². The molecule has 0 unspecified atom stereocenters. The van der Waals surface area contributed by atoms with Gasteiger partial charge in [-0.25, -0.2) is 13.2 Å². The molecule has 0 spiro atoms. The molecule has 0 radical (unpaired) electrons. The lowest BCUT2D eigenvalue weighted by molar-refractivity contribution is 0.0473. The number of rotatable bonds is 5. The van der Waals surface area contributed by atoms with Gasteiger partial charge in [-0.1, -0.05) is 12.1 Å². The minimum atomic E-state index is -3.44. The monoisotopic (exact) mass is 374 g/mol. The van der Waals surface area contributed by atoms with Crippen LogP contribution < -0.4 is 0 Å². The van der Waals surface area contributed by atoms with Gasteiger partial charge in [0.15, 0.2) is 16.4 Å². The van der Waals surface area contributed by atoms with Crippen LogP contribution in [0.1, 0.15) is 43.0 Å². The zero-order valence-electron chi connectivity index (χ0n) is 15.5. The second-order valence-electron chi connectivity index (χ2n) is 6.50. The Balaban J connectivity index is 2.19. The lowest BCUT2D eigenvalue weighted by Crippen LogP contribution is -2.16. The number of carbonyl (C=O) groups excluding carboxylic acids is 2. The molecular weight excluding hydrogens is 352 g/mol. The Morgan fingerprint density at radius 1 is 0.846 bits per heavy atom. The smallest absolute Gasteiger partial charge is 0.338 e. The van der Waals surface area contributed by atoms with E-state index in [-0.39, 0.29) is 16.2 Å². The molecule has 0 bridgehead atoms. The van der Waals surface area contributed by atoms with Gasteiger partial charge in [0.25, 0.3) is 0 Å². The Bertz CT molecular complexity index is 988. The number of aryl methyl sites for hydroxylation is 4. The molecule has 6 heteroatoms. The van der Waals surface area contributed by atoms with E-state index in [2.05, 4.69) is 0 Å². The van der Waals surface area contributed by atoms with Crippen LogP contribution in [0.3, 0.4) is 0 Å². The normalized spacial score (nSPS) is 11.3. The van der Waals surface area contributed by atoms with Gasteiger partial charge >= 0.3 is 5.97 Å². The molecule has 0 aromatic heterocycles. The number of hydrogen-bond donors (Lipinski definition) is 0. The van der Waals surface area contributed by atoms with E-state index in [1.165, 1.54) is 12.1 Å². The number of ketones is 1. The minimum Gasteiger partial charge on any atom is -0.454 e. The van der Waals surface area contributed by atoms with Crippen molar-refractivity contribution in [3.8, 4) is 0 Å². The number of carbonyl (C=O) groups is 2. The molecule has 2 aromatic carbocycles. The maximum Gasteiger partial charge on any atom is 0.338 e. The molecule has 0 atom stereocenters. The van der Waals surface area contributed by atoms with Gasteiger partial charge < -0.3 is 4.74 Å². The average Bonchev–Trinajstić information content (AvgIpc) is 2.55. The van der Waals surface area contributed by atoms with Crippen molar-refractivity contribution in [1.29, 1.82) is 0 Å². The molecule has 0 aliphatic carbocycles. The van der Waals surface area contributed by atoms with Crippen molar-refractivity contribution in [3.05, 3.63) is 63.7 Å². The van der Waals surface area contributed by atoms with Crippen LogP contribution in [0.15, 0.2) is 35.2 Å². The fourth-order valence-electron chi connectivity index (χ4n) is 2.60. The summed E-state index contributed by atoms with van der Waals surface area (Å²) >= 11 is 0. The largest absolute Gasteiger partial charge is 0.454 e. The highest BCUT2D eigenvalue weighted by molar-refractivity contribution is 7.90. The van der Waals surface area contributed by atoms with E-state index in [4.69, 9.17) is 4.74 Å². The molecule has 2 rings (SSSR count). The molecule has 0 N–H and O–H groups in total. The predicted molar refractivity (Wildman–Crippen MR) is 99.6 cm³/mol. The van der Waals surface area contributed by atoms with E-state index in [0.717, 1.165) is 22.9 Å². The van der Waals surface area contributed by atoms with Crippen LogP contribution in [0.25, 0.3) is 0 Å². The number of Topliss-reactive ketones (excluding diaryl/α,β-unsaturated/α-hetero) is 1. The first-order chi connectivity index (χ1) is 12.0. The van der Waals surface area contributed by atoms with Crippen molar-refractivity contribution in [1.82, 2.24) is 0 Å². The quantitative estimate of drug-likeness (QED) is 0.592. The number of sulfone groups is 1. The van der Waals surface area contributed by atoms with Crippen molar-refractivity contribution >= 4 is 21.6 Å². The molecule has 0 aliphatic rings. The number of hydrogen-bond acceptors (Lipinski definition) is 5. The van der Waals surface area contributed by atoms with Crippen molar-refractivity contribution in [3.63, 3.8) is 0 Å².